The quantitative estimate of drug-likeness (QED) is 0.418. The van der Waals surface area contributed by atoms with E-state index in [4.69, 9.17) is 23.2 Å². The number of rotatable bonds is 7. The molecule has 1 aromatic heterocycles. The van der Waals surface area contributed by atoms with E-state index in [1.165, 1.54) is 0 Å². The van der Waals surface area contributed by atoms with Crippen LogP contribution in [0.3, 0.4) is 0 Å². The number of likely N-dealkylation sites (tertiary alicyclic amines) is 1. The van der Waals surface area contributed by atoms with E-state index in [9.17, 15) is 13.2 Å². The molecule has 2 aliphatic rings. The summed E-state index contributed by atoms with van der Waals surface area (Å²) in [5.74, 6) is 0.408. The topological polar surface area (TPSA) is 53.1 Å². The van der Waals surface area contributed by atoms with Crippen LogP contribution in [0.15, 0.2) is 36.5 Å². The minimum atomic E-state index is -4.55. The van der Waals surface area contributed by atoms with Gasteiger partial charge in [0.25, 0.3) is 0 Å². The highest BCUT2D eigenvalue weighted by atomic mass is 35.5. The molecule has 2 unspecified atom stereocenters. The van der Waals surface area contributed by atoms with Crippen molar-refractivity contribution < 1.29 is 13.2 Å². The predicted molar refractivity (Wildman–Crippen MR) is 112 cm³/mol. The molecule has 1 saturated heterocycles. The average Bonchev–Trinajstić information content (AvgIpc) is 3.31. The van der Waals surface area contributed by atoms with E-state index in [1.54, 1.807) is 18.2 Å². The van der Waals surface area contributed by atoms with Gasteiger partial charge in [-0.2, -0.15) is 18.2 Å². The van der Waals surface area contributed by atoms with Crippen molar-refractivity contribution in [1.29, 1.82) is 0 Å². The molecule has 30 heavy (non-hydrogen) atoms. The van der Waals surface area contributed by atoms with Gasteiger partial charge in [0.05, 0.1) is 10.0 Å². The first-order valence-corrected chi connectivity index (χ1v) is 10.4. The van der Waals surface area contributed by atoms with Crippen molar-refractivity contribution in [2.24, 2.45) is 5.92 Å². The molecule has 160 valence electrons. The normalized spacial score (nSPS) is 20.7. The maximum atomic E-state index is 13.4. The lowest BCUT2D eigenvalue weighted by molar-refractivity contribution is -0.137. The number of nitrogens with one attached hydrogen (secondary N) is 2. The highest BCUT2D eigenvalue weighted by Gasteiger charge is 2.35. The van der Waals surface area contributed by atoms with E-state index in [0.717, 1.165) is 25.7 Å². The van der Waals surface area contributed by atoms with Crippen molar-refractivity contribution in [2.45, 2.75) is 25.1 Å². The molecule has 0 radical (unpaired) electrons. The molecule has 1 fully saturated rings. The molecule has 2 atom stereocenters. The molecule has 5 nitrogen and oxygen atoms in total. The summed E-state index contributed by atoms with van der Waals surface area (Å²) in [6, 6.07) is 5.24. The first-order chi connectivity index (χ1) is 14.3. The lowest BCUT2D eigenvalue weighted by Crippen LogP contribution is -2.31. The molecule has 1 aromatic carbocycles. The van der Waals surface area contributed by atoms with Crippen molar-refractivity contribution >= 4 is 40.7 Å². The Morgan fingerprint density at radius 1 is 1.17 bits per heavy atom. The van der Waals surface area contributed by atoms with Crippen LogP contribution in [0.1, 0.15) is 18.4 Å². The van der Waals surface area contributed by atoms with E-state index in [0.29, 0.717) is 40.7 Å². The summed E-state index contributed by atoms with van der Waals surface area (Å²) in [4.78, 5) is 10.2. The van der Waals surface area contributed by atoms with Crippen LogP contribution in [-0.2, 0) is 6.18 Å². The predicted octanol–water partition coefficient (Wildman–Crippen LogP) is 5.61. The standard InChI is InChI=1S/C20H20Cl2F3N5/c21-16-5-3-13(9-17(16)22)28-19-27-10-15(20(23,24)25)18(29-19)26-6-1-7-30-11-12-2-4-14(30)8-12/h2-5,9-10,12,14H,1,6-8,11H2,(H2,26,27,28,29). The number of halogens is 5. The zero-order chi connectivity index (χ0) is 21.3. The first-order valence-electron chi connectivity index (χ1n) is 9.62. The Morgan fingerprint density at radius 2 is 2.00 bits per heavy atom. The number of anilines is 3. The van der Waals surface area contributed by atoms with Gasteiger partial charge in [-0.3, -0.25) is 4.90 Å². The van der Waals surface area contributed by atoms with Crippen molar-refractivity contribution in [2.75, 3.05) is 30.3 Å². The van der Waals surface area contributed by atoms with Crippen molar-refractivity contribution in [3.05, 3.63) is 52.2 Å². The molecule has 0 amide bonds. The van der Waals surface area contributed by atoms with E-state index in [1.807, 2.05) is 0 Å². The number of alkyl halides is 3. The van der Waals surface area contributed by atoms with Gasteiger partial charge < -0.3 is 10.6 Å². The van der Waals surface area contributed by atoms with Crippen LogP contribution >= 0.6 is 23.2 Å². The van der Waals surface area contributed by atoms with Crippen LogP contribution in [0.4, 0.5) is 30.6 Å². The lowest BCUT2D eigenvalue weighted by atomic mass is 10.2. The van der Waals surface area contributed by atoms with Gasteiger partial charge in [0, 0.05) is 37.6 Å². The Balaban J connectivity index is 1.42. The number of nitrogens with zero attached hydrogens (tertiary/aromatic N) is 3. The van der Waals surface area contributed by atoms with E-state index < -0.39 is 11.7 Å². The van der Waals surface area contributed by atoms with Crippen LogP contribution in [0.2, 0.25) is 10.0 Å². The first kappa shape index (κ1) is 21.2. The monoisotopic (exact) mass is 457 g/mol. The molecule has 4 rings (SSSR count). The summed E-state index contributed by atoms with van der Waals surface area (Å²) in [5.41, 5.74) is -0.377. The largest absolute Gasteiger partial charge is 0.421 e. The lowest BCUT2D eigenvalue weighted by Gasteiger charge is -2.23. The molecular formula is C20H20Cl2F3N5. The molecule has 2 N–H and O–H groups in total. The fraction of sp³-hybridized carbons (Fsp3) is 0.400. The van der Waals surface area contributed by atoms with Crippen LogP contribution in [0.25, 0.3) is 0 Å². The van der Waals surface area contributed by atoms with Gasteiger partial charge in [-0.05, 0) is 37.0 Å². The minimum absolute atomic E-state index is 0.0332. The number of aromatic nitrogens is 2. The zero-order valence-corrected chi connectivity index (χ0v) is 17.4. The summed E-state index contributed by atoms with van der Waals surface area (Å²) in [6.45, 7) is 2.24. The Labute approximate surface area is 182 Å². The van der Waals surface area contributed by atoms with Gasteiger partial charge in [0.1, 0.15) is 11.4 Å². The fourth-order valence-corrected chi connectivity index (χ4v) is 4.13. The maximum Gasteiger partial charge on any atom is 0.421 e. The zero-order valence-electron chi connectivity index (χ0n) is 15.9. The summed E-state index contributed by atoms with van der Waals surface area (Å²) in [5, 5.41) is 6.38. The summed E-state index contributed by atoms with van der Waals surface area (Å²) < 4.78 is 40.1. The Kier molecular flexibility index (Phi) is 6.09. The van der Waals surface area contributed by atoms with Gasteiger partial charge in [-0.25, -0.2) is 4.98 Å². The van der Waals surface area contributed by atoms with Crippen molar-refractivity contribution in [3.63, 3.8) is 0 Å². The van der Waals surface area contributed by atoms with Gasteiger partial charge in [-0.15, -0.1) is 0 Å². The molecule has 1 aliphatic carbocycles. The number of hydrogen-bond acceptors (Lipinski definition) is 5. The van der Waals surface area contributed by atoms with Crippen molar-refractivity contribution in [3.8, 4) is 0 Å². The highest BCUT2D eigenvalue weighted by molar-refractivity contribution is 6.42. The van der Waals surface area contributed by atoms with E-state index in [2.05, 4.69) is 37.7 Å². The summed E-state index contributed by atoms with van der Waals surface area (Å²) in [6.07, 6.45) is 2.56. The number of fused-ring (bicyclic) bond motifs is 2. The molecule has 0 spiro atoms. The number of benzene rings is 1. The Morgan fingerprint density at radius 3 is 2.67 bits per heavy atom. The van der Waals surface area contributed by atoms with Crippen LogP contribution < -0.4 is 10.6 Å². The Bertz CT molecular complexity index is 951. The van der Waals surface area contributed by atoms with E-state index >= 15 is 0 Å². The minimum Gasteiger partial charge on any atom is -0.369 e. The molecular weight excluding hydrogens is 438 g/mol. The SMILES string of the molecule is FC(F)(F)c1cnc(Nc2ccc(Cl)c(Cl)c2)nc1NCCCN1CC2C=CC1C2. The fourth-order valence-electron chi connectivity index (χ4n) is 3.83. The van der Waals surface area contributed by atoms with Crippen molar-refractivity contribution in [1.82, 2.24) is 14.9 Å². The van der Waals surface area contributed by atoms with Crippen LogP contribution in [0.5, 0.6) is 0 Å². The molecule has 2 aromatic rings. The third-order valence-electron chi connectivity index (χ3n) is 5.27. The van der Waals surface area contributed by atoms with E-state index in [-0.39, 0.29) is 11.8 Å². The summed E-state index contributed by atoms with van der Waals surface area (Å²) >= 11 is 11.9. The molecule has 0 saturated carbocycles. The molecule has 1 aliphatic heterocycles. The molecule has 2 heterocycles. The second-order valence-electron chi connectivity index (χ2n) is 7.43. The second-order valence-corrected chi connectivity index (χ2v) is 8.25. The molecule has 10 heteroatoms. The number of hydrogen-bond donors (Lipinski definition) is 2. The van der Waals surface area contributed by atoms with Gasteiger partial charge in [0.15, 0.2) is 0 Å². The molecule has 2 bridgehead atoms. The second kappa shape index (κ2) is 8.61. The van der Waals surface area contributed by atoms with Gasteiger partial charge in [0.2, 0.25) is 5.95 Å². The third-order valence-corrected chi connectivity index (χ3v) is 6.01. The highest BCUT2D eigenvalue weighted by Crippen LogP contribution is 2.35. The van der Waals surface area contributed by atoms with Gasteiger partial charge in [-0.1, -0.05) is 35.4 Å². The Hall–Kier alpha value is -2.03. The van der Waals surface area contributed by atoms with Crippen LogP contribution in [0, 0.1) is 5.92 Å². The average molecular weight is 458 g/mol. The van der Waals surface area contributed by atoms with Crippen LogP contribution in [-0.4, -0.2) is 40.5 Å². The third kappa shape index (κ3) is 4.82. The summed E-state index contributed by atoms with van der Waals surface area (Å²) in [7, 11) is 0. The maximum absolute atomic E-state index is 13.4. The smallest absolute Gasteiger partial charge is 0.369 e. The van der Waals surface area contributed by atoms with Gasteiger partial charge >= 0.3 is 6.18 Å².